The van der Waals surface area contributed by atoms with Crippen LogP contribution in [-0.4, -0.2) is 0 Å². The predicted octanol–water partition coefficient (Wildman–Crippen LogP) is 4.53. The second-order valence-electron chi connectivity index (χ2n) is 5.43. The summed E-state index contributed by atoms with van der Waals surface area (Å²) >= 11 is 0. The van der Waals surface area contributed by atoms with Gasteiger partial charge in [0.1, 0.15) is 0 Å². The first-order chi connectivity index (χ1) is 9.40. The number of aryl methyl sites for hydroxylation is 2. The molecule has 0 spiro atoms. The highest BCUT2D eigenvalue weighted by Crippen LogP contribution is 2.32. The molecular formula is C19H16. The van der Waals surface area contributed by atoms with E-state index >= 15 is 0 Å². The predicted molar refractivity (Wildman–Crippen MR) is 80.6 cm³/mol. The Morgan fingerprint density at radius 1 is 0.684 bits per heavy atom. The summed E-state index contributed by atoms with van der Waals surface area (Å²) in [6.07, 6.45) is 3.45. The van der Waals surface area contributed by atoms with E-state index in [1.807, 2.05) is 0 Å². The van der Waals surface area contributed by atoms with Crippen LogP contribution in [0.1, 0.15) is 22.3 Å². The molecule has 3 aromatic rings. The molecule has 0 atom stereocenters. The zero-order valence-electron chi connectivity index (χ0n) is 10.9. The van der Waals surface area contributed by atoms with Crippen molar-refractivity contribution in [3.05, 3.63) is 82.9 Å². The molecule has 0 heteroatoms. The Kier molecular flexibility index (Phi) is 2.41. The molecule has 1 aliphatic carbocycles. The van der Waals surface area contributed by atoms with E-state index in [1.54, 1.807) is 5.56 Å². The van der Waals surface area contributed by atoms with Crippen LogP contribution >= 0.6 is 0 Å². The van der Waals surface area contributed by atoms with E-state index in [1.165, 1.54) is 40.3 Å². The average molecular weight is 244 g/mol. The Bertz CT molecular complexity index is 739. The summed E-state index contributed by atoms with van der Waals surface area (Å²) in [6.45, 7) is 0. The summed E-state index contributed by atoms with van der Waals surface area (Å²) in [4.78, 5) is 0. The number of hydrogen-bond acceptors (Lipinski definition) is 0. The Labute approximate surface area is 113 Å². The second-order valence-corrected chi connectivity index (χ2v) is 5.43. The van der Waals surface area contributed by atoms with Gasteiger partial charge in [-0.25, -0.2) is 0 Å². The van der Waals surface area contributed by atoms with Crippen molar-refractivity contribution < 1.29 is 0 Å². The Morgan fingerprint density at radius 2 is 1.53 bits per heavy atom. The standard InChI is InChI=1S/C19H16/c1-2-5-14(6-3-1)11-15-12-17-8-4-7-16-9-10-18(13-15)19(16)17/h1-8,12-13H,9-11H2. The SMILES string of the molecule is c1ccc(Cc2cc3c4c(cccc4c2)CC3)cc1. The molecule has 0 unspecified atom stereocenters. The van der Waals surface area contributed by atoms with Crippen molar-refractivity contribution in [3.8, 4) is 0 Å². The van der Waals surface area contributed by atoms with Gasteiger partial charge >= 0.3 is 0 Å². The van der Waals surface area contributed by atoms with Gasteiger partial charge in [0.05, 0.1) is 0 Å². The van der Waals surface area contributed by atoms with E-state index in [-0.39, 0.29) is 0 Å². The molecule has 0 saturated heterocycles. The third kappa shape index (κ3) is 1.84. The lowest BCUT2D eigenvalue weighted by Crippen LogP contribution is -1.90. The van der Waals surface area contributed by atoms with Crippen LogP contribution in [0.4, 0.5) is 0 Å². The van der Waals surface area contributed by atoms with Gasteiger partial charge < -0.3 is 0 Å². The number of hydrogen-bond donors (Lipinski definition) is 0. The Morgan fingerprint density at radius 3 is 2.42 bits per heavy atom. The largest absolute Gasteiger partial charge is 0.0622 e. The van der Waals surface area contributed by atoms with Gasteiger partial charge in [0.25, 0.3) is 0 Å². The molecule has 0 N–H and O–H groups in total. The first kappa shape index (κ1) is 10.8. The third-order valence-electron chi connectivity index (χ3n) is 4.12. The lowest BCUT2D eigenvalue weighted by Gasteiger charge is -2.07. The fraction of sp³-hybridized carbons (Fsp3) is 0.158. The maximum Gasteiger partial charge on any atom is -0.00255 e. The minimum Gasteiger partial charge on any atom is -0.0622 e. The van der Waals surface area contributed by atoms with Crippen LogP contribution in [0.15, 0.2) is 60.7 Å². The van der Waals surface area contributed by atoms with Crippen LogP contribution in [0, 0.1) is 0 Å². The molecule has 0 aromatic heterocycles. The maximum atomic E-state index is 2.41. The molecule has 3 aromatic carbocycles. The molecule has 4 rings (SSSR count). The molecule has 92 valence electrons. The summed E-state index contributed by atoms with van der Waals surface area (Å²) in [5.41, 5.74) is 5.90. The minimum absolute atomic E-state index is 1.04. The monoisotopic (exact) mass is 244 g/mol. The molecule has 1 aliphatic rings. The molecule has 0 nitrogen and oxygen atoms in total. The minimum atomic E-state index is 1.04. The van der Waals surface area contributed by atoms with Crippen LogP contribution in [0.5, 0.6) is 0 Å². The zero-order chi connectivity index (χ0) is 12.7. The zero-order valence-corrected chi connectivity index (χ0v) is 10.9. The van der Waals surface area contributed by atoms with Crippen LogP contribution < -0.4 is 0 Å². The topological polar surface area (TPSA) is 0 Å². The smallest absolute Gasteiger partial charge is 0.00255 e. The van der Waals surface area contributed by atoms with Crippen LogP contribution in [0.3, 0.4) is 0 Å². The normalized spacial score (nSPS) is 13.1. The van der Waals surface area contributed by atoms with Crippen molar-refractivity contribution in [1.29, 1.82) is 0 Å². The van der Waals surface area contributed by atoms with Crippen molar-refractivity contribution in [2.45, 2.75) is 19.3 Å². The summed E-state index contributed by atoms with van der Waals surface area (Å²) in [6, 6.07) is 22.2. The molecule has 0 saturated carbocycles. The van der Waals surface area contributed by atoms with Crippen molar-refractivity contribution in [3.63, 3.8) is 0 Å². The lowest BCUT2D eigenvalue weighted by atomic mass is 9.98. The van der Waals surface area contributed by atoms with E-state index in [4.69, 9.17) is 0 Å². The maximum absolute atomic E-state index is 2.41. The van der Waals surface area contributed by atoms with Gasteiger partial charge in [0.15, 0.2) is 0 Å². The molecule has 0 aliphatic heterocycles. The van der Waals surface area contributed by atoms with E-state index < -0.39 is 0 Å². The van der Waals surface area contributed by atoms with Gasteiger partial charge in [-0.15, -0.1) is 0 Å². The Hall–Kier alpha value is -2.08. The fourth-order valence-corrected chi connectivity index (χ4v) is 3.28. The molecule has 0 heterocycles. The van der Waals surface area contributed by atoms with Crippen LogP contribution in [0.2, 0.25) is 0 Å². The molecule has 0 bridgehead atoms. The summed E-state index contributed by atoms with van der Waals surface area (Å²) < 4.78 is 0. The van der Waals surface area contributed by atoms with E-state index in [2.05, 4.69) is 60.7 Å². The molecule has 0 amide bonds. The first-order valence-corrected chi connectivity index (χ1v) is 6.97. The summed E-state index contributed by atoms with van der Waals surface area (Å²) in [5, 5.41) is 2.93. The summed E-state index contributed by atoms with van der Waals surface area (Å²) in [7, 11) is 0. The molecular weight excluding hydrogens is 228 g/mol. The number of rotatable bonds is 2. The Balaban J connectivity index is 1.82. The summed E-state index contributed by atoms with van der Waals surface area (Å²) in [5.74, 6) is 0. The van der Waals surface area contributed by atoms with Crippen molar-refractivity contribution in [1.82, 2.24) is 0 Å². The third-order valence-corrected chi connectivity index (χ3v) is 4.12. The lowest BCUT2D eigenvalue weighted by molar-refractivity contribution is 1.02. The average Bonchev–Trinajstić information content (AvgIpc) is 2.85. The highest BCUT2D eigenvalue weighted by atomic mass is 14.2. The van der Waals surface area contributed by atoms with Crippen LogP contribution in [-0.2, 0) is 19.3 Å². The van der Waals surface area contributed by atoms with Crippen molar-refractivity contribution in [2.24, 2.45) is 0 Å². The van der Waals surface area contributed by atoms with Gasteiger partial charge in [-0.3, -0.25) is 0 Å². The van der Waals surface area contributed by atoms with Gasteiger partial charge in [0.2, 0.25) is 0 Å². The number of benzene rings is 3. The molecule has 0 radical (unpaired) electrons. The first-order valence-electron chi connectivity index (χ1n) is 6.97. The van der Waals surface area contributed by atoms with E-state index in [0.717, 1.165) is 6.42 Å². The molecule has 19 heavy (non-hydrogen) atoms. The highest BCUT2D eigenvalue weighted by molar-refractivity contribution is 5.91. The van der Waals surface area contributed by atoms with Crippen LogP contribution in [0.25, 0.3) is 10.8 Å². The van der Waals surface area contributed by atoms with Gasteiger partial charge in [-0.1, -0.05) is 60.7 Å². The van der Waals surface area contributed by atoms with Gasteiger partial charge in [-0.05, 0) is 52.3 Å². The van der Waals surface area contributed by atoms with Gasteiger partial charge in [-0.2, -0.15) is 0 Å². The van der Waals surface area contributed by atoms with E-state index in [0.29, 0.717) is 0 Å². The van der Waals surface area contributed by atoms with Crippen molar-refractivity contribution in [2.75, 3.05) is 0 Å². The second kappa shape index (κ2) is 4.24. The van der Waals surface area contributed by atoms with Gasteiger partial charge in [0, 0.05) is 0 Å². The molecule has 0 fully saturated rings. The highest BCUT2D eigenvalue weighted by Gasteiger charge is 2.14. The van der Waals surface area contributed by atoms with Crippen molar-refractivity contribution >= 4 is 10.8 Å². The fourth-order valence-electron chi connectivity index (χ4n) is 3.28. The van der Waals surface area contributed by atoms with E-state index in [9.17, 15) is 0 Å². The quantitative estimate of drug-likeness (QED) is 0.621.